The van der Waals surface area contributed by atoms with E-state index in [-0.39, 0.29) is 11.5 Å². The van der Waals surface area contributed by atoms with Crippen molar-refractivity contribution in [1.82, 2.24) is 5.32 Å². The Morgan fingerprint density at radius 3 is 2.25 bits per heavy atom. The van der Waals surface area contributed by atoms with E-state index in [2.05, 4.69) is 5.32 Å². The Labute approximate surface area is 147 Å². The fourth-order valence-electron chi connectivity index (χ4n) is 1.92. The lowest BCUT2D eigenvalue weighted by atomic mass is 10.1. The van der Waals surface area contributed by atoms with Crippen LogP contribution in [0.15, 0.2) is 48.5 Å². The van der Waals surface area contributed by atoms with Gasteiger partial charge in [-0.3, -0.25) is 4.79 Å². The van der Waals surface area contributed by atoms with Gasteiger partial charge in [0, 0.05) is 28.6 Å². The van der Waals surface area contributed by atoms with Gasteiger partial charge in [-0.05, 0) is 42.0 Å². The minimum absolute atomic E-state index is 0.214. The molecule has 2 nitrogen and oxygen atoms in total. The first-order chi connectivity index (χ1) is 11.4. The molecule has 0 heterocycles. The molecule has 0 saturated carbocycles. The number of thioether (sulfide) groups is 1. The van der Waals surface area contributed by atoms with Crippen LogP contribution in [0.1, 0.15) is 21.5 Å². The highest BCUT2D eigenvalue weighted by molar-refractivity contribution is 7.98. The van der Waals surface area contributed by atoms with E-state index >= 15 is 0 Å². The first-order valence-electron chi connectivity index (χ1n) is 7.14. The second-order valence-electron chi connectivity index (χ2n) is 5.01. The smallest absolute Gasteiger partial charge is 0.351 e. The van der Waals surface area contributed by atoms with Gasteiger partial charge in [0.15, 0.2) is 0 Å². The largest absolute Gasteiger partial charge is 0.416 e. The number of hydrogen-bond donors (Lipinski definition) is 1. The molecule has 0 aliphatic rings. The number of amides is 1. The maximum absolute atomic E-state index is 12.5. The predicted molar refractivity (Wildman–Crippen MR) is 91.4 cm³/mol. The summed E-state index contributed by atoms with van der Waals surface area (Å²) in [5, 5.41) is 3.38. The van der Waals surface area contributed by atoms with Crippen LogP contribution in [0, 0.1) is 0 Å². The third-order valence-electron chi connectivity index (χ3n) is 3.19. The summed E-state index contributed by atoms with van der Waals surface area (Å²) in [4.78, 5) is 11.9. The van der Waals surface area contributed by atoms with Gasteiger partial charge in [-0.25, -0.2) is 0 Å². The number of halogens is 4. The van der Waals surface area contributed by atoms with Crippen molar-refractivity contribution in [3.8, 4) is 0 Å². The number of benzene rings is 2. The van der Waals surface area contributed by atoms with Crippen LogP contribution in [0.3, 0.4) is 0 Å². The molecule has 7 heteroatoms. The highest BCUT2D eigenvalue weighted by Crippen LogP contribution is 2.29. The zero-order chi connectivity index (χ0) is 17.6. The molecular weight excluding hydrogens is 359 g/mol. The predicted octanol–water partition coefficient (Wildman–Crippen LogP) is 5.02. The van der Waals surface area contributed by atoms with E-state index in [4.69, 9.17) is 11.6 Å². The summed E-state index contributed by atoms with van der Waals surface area (Å²) < 4.78 is 37.4. The number of carbonyl (C=O) groups excluding carboxylic acids is 1. The molecule has 2 aromatic carbocycles. The number of alkyl halides is 3. The highest BCUT2D eigenvalue weighted by Gasteiger charge is 2.30. The first-order valence-corrected chi connectivity index (χ1v) is 8.67. The van der Waals surface area contributed by atoms with Crippen LogP contribution < -0.4 is 5.32 Å². The SMILES string of the molecule is O=C(NCCSCc1ccc(Cl)cc1)c1ccc(C(F)(F)F)cc1. The van der Waals surface area contributed by atoms with Gasteiger partial charge < -0.3 is 5.32 Å². The van der Waals surface area contributed by atoms with Gasteiger partial charge in [0.25, 0.3) is 5.91 Å². The summed E-state index contributed by atoms with van der Waals surface area (Å²) in [6.45, 7) is 0.443. The Bertz CT molecular complexity index is 672. The third kappa shape index (κ3) is 5.76. The lowest BCUT2D eigenvalue weighted by Crippen LogP contribution is -2.25. The summed E-state index contributed by atoms with van der Waals surface area (Å²) in [7, 11) is 0. The van der Waals surface area contributed by atoms with E-state index in [1.54, 1.807) is 11.8 Å². The fourth-order valence-corrected chi connectivity index (χ4v) is 2.86. The minimum atomic E-state index is -4.40. The number of nitrogens with one attached hydrogen (secondary N) is 1. The molecule has 1 N–H and O–H groups in total. The topological polar surface area (TPSA) is 29.1 Å². The van der Waals surface area contributed by atoms with Crippen LogP contribution in [0.2, 0.25) is 5.02 Å². The van der Waals surface area contributed by atoms with Crippen molar-refractivity contribution in [1.29, 1.82) is 0 Å². The fraction of sp³-hybridized carbons (Fsp3) is 0.235. The van der Waals surface area contributed by atoms with E-state index in [9.17, 15) is 18.0 Å². The van der Waals surface area contributed by atoms with E-state index in [1.807, 2.05) is 24.3 Å². The number of carbonyl (C=O) groups is 1. The summed E-state index contributed by atoms with van der Waals surface area (Å²) in [6.07, 6.45) is -4.40. The maximum atomic E-state index is 12.5. The van der Waals surface area contributed by atoms with Crippen molar-refractivity contribution >= 4 is 29.3 Å². The molecule has 0 aliphatic heterocycles. The zero-order valence-corrected chi connectivity index (χ0v) is 14.1. The van der Waals surface area contributed by atoms with Gasteiger partial charge in [-0.1, -0.05) is 23.7 Å². The summed E-state index contributed by atoms with van der Waals surface area (Å²) in [5.74, 6) is 1.12. The normalized spacial score (nSPS) is 11.3. The molecule has 0 spiro atoms. The summed E-state index contributed by atoms with van der Waals surface area (Å²) >= 11 is 7.46. The Kier molecular flexibility index (Phi) is 6.57. The van der Waals surface area contributed by atoms with Crippen LogP contribution >= 0.6 is 23.4 Å². The molecule has 0 saturated heterocycles. The lowest BCUT2D eigenvalue weighted by Gasteiger charge is -2.08. The Morgan fingerprint density at radius 1 is 1.04 bits per heavy atom. The molecule has 0 atom stereocenters. The van der Waals surface area contributed by atoms with Gasteiger partial charge in [0.2, 0.25) is 0 Å². The Morgan fingerprint density at radius 2 is 1.67 bits per heavy atom. The molecule has 0 aromatic heterocycles. The molecule has 128 valence electrons. The van der Waals surface area contributed by atoms with Gasteiger partial charge in [-0.15, -0.1) is 0 Å². The third-order valence-corrected chi connectivity index (χ3v) is 4.47. The van der Waals surface area contributed by atoms with E-state index in [1.165, 1.54) is 12.1 Å². The van der Waals surface area contributed by atoms with E-state index in [0.717, 1.165) is 23.4 Å². The molecule has 0 radical (unpaired) electrons. The Balaban J connectivity index is 1.72. The van der Waals surface area contributed by atoms with Crippen molar-refractivity contribution in [2.75, 3.05) is 12.3 Å². The molecular formula is C17H15ClF3NOS. The summed E-state index contributed by atoms with van der Waals surface area (Å²) in [6, 6.07) is 11.7. The first kappa shape index (κ1) is 18.7. The minimum Gasteiger partial charge on any atom is -0.351 e. The van der Waals surface area contributed by atoms with Gasteiger partial charge >= 0.3 is 6.18 Å². The Hall–Kier alpha value is -1.66. The van der Waals surface area contributed by atoms with Crippen molar-refractivity contribution in [3.05, 3.63) is 70.2 Å². The molecule has 0 aliphatic carbocycles. The quantitative estimate of drug-likeness (QED) is 0.720. The molecule has 0 bridgehead atoms. The molecule has 0 fully saturated rings. The van der Waals surface area contributed by atoms with Crippen LogP contribution in [-0.2, 0) is 11.9 Å². The lowest BCUT2D eigenvalue weighted by molar-refractivity contribution is -0.137. The number of rotatable bonds is 6. The molecule has 0 unspecified atom stereocenters. The average molecular weight is 374 g/mol. The molecule has 2 aromatic rings. The second kappa shape index (κ2) is 8.44. The molecule has 24 heavy (non-hydrogen) atoms. The second-order valence-corrected chi connectivity index (χ2v) is 6.55. The molecule has 2 rings (SSSR count). The van der Waals surface area contributed by atoms with Crippen LogP contribution in [0.25, 0.3) is 0 Å². The van der Waals surface area contributed by atoms with Crippen molar-refractivity contribution in [2.45, 2.75) is 11.9 Å². The van der Waals surface area contributed by atoms with Crippen molar-refractivity contribution in [3.63, 3.8) is 0 Å². The zero-order valence-electron chi connectivity index (χ0n) is 12.6. The van der Waals surface area contributed by atoms with Gasteiger partial charge in [0.1, 0.15) is 0 Å². The maximum Gasteiger partial charge on any atom is 0.416 e. The standard InChI is InChI=1S/C17H15ClF3NOS/c18-15-7-1-12(2-8-15)11-24-10-9-22-16(23)13-3-5-14(6-4-13)17(19,20)21/h1-8H,9-11H2,(H,22,23). The molecule has 1 amide bonds. The van der Waals surface area contributed by atoms with Gasteiger partial charge in [-0.2, -0.15) is 24.9 Å². The monoisotopic (exact) mass is 373 g/mol. The van der Waals surface area contributed by atoms with Crippen LogP contribution in [0.5, 0.6) is 0 Å². The van der Waals surface area contributed by atoms with Gasteiger partial charge in [0.05, 0.1) is 5.56 Å². The highest BCUT2D eigenvalue weighted by atomic mass is 35.5. The van der Waals surface area contributed by atoms with E-state index in [0.29, 0.717) is 17.3 Å². The summed E-state index contributed by atoms with van der Waals surface area (Å²) in [5.41, 5.74) is 0.585. The van der Waals surface area contributed by atoms with Crippen LogP contribution in [0.4, 0.5) is 13.2 Å². The van der Waals surface area contributed by atoms with E-state index < -0.39 is 11.7 Å². The van der Waals surface area contributed by atoms with Crippen LogP contribution in [-0.4, -0.2) is 18.2 Å². The van der Waals surface area contributed by atoms with Crippen molar-refractivity contribution in [2.24, 2.45) is 0 Å². The average Bonchev–Trinajstić information content (AvgIpc) is 2.55. The number of hydrogen-bond acceptors (Lipinski definition) is 2. The van der Waals surface area contributed by atoms with Crippen molar-refractivity contribution < 1.29 is 18.0 Å².